The van der Waals surface area contributed by atoms with Crippen molar-refractivity contribution < 1.29 is 21.6 Å². The lowest BCUT2D eigenvalue weighted by Crippen LogP contribution is -2.41. The summed E-state index contributed by atoms with van der Waals surface area (Å²) in [6.07, 6.45) is -4.63. The van der Waals surface area contributed by atoms with Gasteiger partial charge in [-0.1, -0.05) is 26.0 Å². The lowest BCUT2D eigenvalue weighted by Gasteiger charge is -2.32. The number of hydrogen-bond acceptors (Lipinski definition) is 4. The van der Waals surface area contributed by atoms with E-state index in [1.807, 2.05) is 13.8 Å². The lowest BCUT2D eigenvalue weighted by atomic mass is 10.0. The summed E-state index contributed by atoms with van der Waals surface area (Å²) in [5.41, 5.74) is 1.00. The summed E-state index contributed by atoms with van der Waals surface area (Å²) < 4.78 is 66.9. The number of halogens is 3. The molecule has 1 aliphatic heterocycles. The Labute approximate surface area is 149 Å². The van der Waals surface area contributed by atoms with Crippen molar-refractivity contribution in [2.45, 2.75) is 50.3 Å². The first-order chi connectivity index (χ1) is 12.0. The molecule has 0 amide bonds. The van der Waals surface area contributed by atoms with Gasteiger partial charge in [0.2, 0.25) is 15.8 Å². The van der Waals surface area contributed by atoms with E-state index in [0.29, 0.717) is 0 Å². The van der Waals surface area contributed by atoms with E-state index in [-0.39, 0.29) is 29.7 Å². The highest BCUT2D eigenvalue weighted by atomic mass is 32.2. The van der Waals surface area contributed by atoms with Crippen LogP contribution in [0.3, 0.4) is 0 Å². The van der Waals surface area contributed by atoms with Crippen molar-refractivity contribution in [3.05, 3.63) is 41.5 Å². The smallest absolute Gasteiger partial charge is 0.305 e. The van der Waals surface area contributed by atoms with Gasteiger partial charge in [-0.3, -0.25) is 0 Å². The minimum Gasteiger partial charge on any atom is -0.305 e. The summed E-state index contributed by atoms with van der Waals surface area (Å²) in [5, 5.41) is 6.79. The summed E-state index contributed by atoms with van der Waals surface area (Å²) in [5.74, 6) is -0.844. The second-order valence-electron chi connectivity index (χ2n) is 6.55. The maximum absolute atomic E-state index is 13.0. The third kappa shape index (κ3) is 3.11. The number of nitrogens with zero attached hydrogens (tertiary/aromatic N) is 4. The molecular weight excluding hydrogens is 369 g/mol. The Morgan fingerprint density at radius 1 is 1.12 bits per heavy atom. The number of hydrogen-bond donors (Lipinski definition) is 0. The SMILES string of the molecule is CC(C)c1ccc(S(=O)(=O)N2CCn3c(nnc3C(F)(F)F)C2C)cc1. The second-order valence-corrected chi connectivity index (χ2v) is 8.44. The van der Waals surface area contributed by atoms with E-state index in [1.54, 1.807) is 12.1 Å². The maximum atomic E-state index is 13.0. The molecule has 1 unspecified atom stereocenters. The first-order valence-electron chi connectivity index (χ1n) is 8.15. The normalized spacial score (nSPS) is 19.0. The summed E-state index contributed by atoms with van der Waals surface area (Å²) >= 11 is 0. The van der Waals surface area contributed by atoms with Crippen LogP contribution in [0.1, 0.15) is 49.9 Å². The largest absolute Gasteiger partial charge is 0.451 e. The van der Waals surface area contributed by atoms with Crippen molar-refractivity contribution in [1.29, 1.82) is 0 Å². The van der Waals surface area contributed by atoms with Crippen molar-refractivity contribution in [3.63, 3.8) is 0 Å². The van der Waals surface area contributed by atoms with Crippen LogP contribution in [0.25, 0.3) is 0 Å². The highest BCUT2D eigenvalue weighted by Crippen LogP contribution is 2.35. The topological polar surface area (TPSA) is 68.1 Å². The van der Waals surface area contributed by atoms with E-state index in [1.165, 1.54) is 23.4 Å². The minimum absolute atomic E-state index is 0.00838. The highest BCUT2D eigenvalue weighted by Gasteiger charge is 2.43. The van der Waals surface area contributed by atoms with Crippen LogP contribution in [0.2, 0.25) is 0 Å². The monoisotopic (exact) mass is 388 g/mol. The fraction of sp³-hybridized carbons (Fsp3) is 0.500. The molecule has 0 saturated heterocycles. The Hall–Kier alpha value is -1.94. The quantitative estimate of drug-likeness (QED) is 0.810. The predicted molar refractivity (Wildman–Crippen MR) is 87.9 cm³/mol. The molecule has 6 nitrogen and oxygen atoms in total. The Morgan fingerprint density at radius 3 is 2.27 bits per heavy atom. The van der Waals surface area contributed by atoms with Gasteiger partial charge in [-0.2, -0.15) is 17.5 Å². The van der Waals surface area contributed by atoms with Crippen LogP contribution >= 0.6 is 0 Å². The van der Waals surface area contributed by atoms with Crippen molar-refractivity contribution in [1.82, 2.24) is 19.1 Å². The van der Waals surface area contributed by atoms with Crippen molar-refractivity contribution in [3.8, 4) is 0 Å². The molecule has 1 aromatic heterocycles. The molecule has 2 heterocycles. The van der Waals surface area contributed by atoms with Gasteiger partial charge in [0.05, 0.1) is 10.9 Å². The first kappa shape index (κ1) is 18.8. The number of fused-ring (bicyclic) bond motifs is 1. The molecule has 10 heteroatoms. The average Bonchev–Trinajstić information content (AvgIpc) is 3.00. The number of aromatic nitrogens is 3. The van der Waals surface area contributed by atoms with E-state index >= 15 is 0 Å². The van der Waals surface area contributed by atoms with Crippen molar-refractivity contribution in [2.75, 3.05) is 6.54 Å². The third-order valence-corrected chi connectivity index (χ3v) is 6.52. The van der Waals surface area contributed by atoms with Crippen LogP contribution in [0, 0.1) is 0 Å². The molecule has 0 radical (unpaired) electrons. The van der Waals surface area contributed by atoms with E-state index in [0.717, 1.165) is 10.1 Å². The molecule has 2 aromatic rings. The van der Waals surface area contributed by atoms with Gasteiger partial charge in [0, 0.05) is 13.1 Å². The zero-order chi connectivity index (χ0) is 19.3. The van der Waals surface area contributed by atoms with Gasteiger partial charge < -0.3 is 4.57 Å². The van der Waals surface area contributed by atoms with Crippen LogP contribution in [0.5, 0.6) is 0 Å². The third-order valence-electron chi connectivity index (χ3n) is 4.54. The maximum Gasteiger partial charge on any atom is 0.451 e. The van der Waals surface area contributed by atoms with Crippen LogP contribution in [0.4, 0.5) is 13.2 Å². The molecule has 0 N–H and O–H groups in total. The molecule has 0 spiro atoms. The van der Waals surface area contributed by atoms with Crippen molar-refractivity contribution in [2.24, 2.45) is 0 Å². The Balaban J connectivity index is 1.94. The average molecular weight is 388 g/mol. The van der Waals surface area contributed by atoms with Gasteiger partial charge in [-0.15, -0.1) is 10.2 Å². The Kier molecular flexibility index (Phi) is 4.60. The standard InChI is InChI=1S/C16H19F3N4O2S/c1-10(2)12-4-6-13(7-5-12)26(24,25)23-9-8-22-14(11(23)3)20-21-15(22)16(17,18)19/h4-7,10-11H,8-9H2,1-3H3. The zero-order valence-corrected chi connectivity index (χ0v) is 15.3. The van der Waals surface area contributed by atoms with Gasteiger partial charge in [0.25, 0.3) is 0 Å². The molecule has 3 rings (SSSR count). The van der Waals surface area contributed by atoms with Gasteiger partial charge in [0.1, 0.15) is 0 Å². The fourth-order valence-electron chi connectivity index (χ4n) is 3.06. The molecule has 142 valence electrons. The molecule has 0 bridgehead atoms. The van der Waals surface area contributed by atoms with Crippen LogP contribution in [0.15, 0.2) is 29.2 Å². The fourth-order valence-corrected chi connectivity index (χ4v) is 4.65. The Bertz CT molecular complexity index is 905. The number of benzene rings is 1. The number of alkyl halides is 3. The minimum atomic E-state index is -4.63. The van der Waals surface area contributed by atoms with Crippen LogP contribution in [-0.4, -0.2) is 34.0 Å². The predicted octanol–water partition coefficient (Wildman–Crippen LogP) is 3.19. The number of sulfonamides is 1. The molecule has 1 atom stereocenters. The summed E-state index contributed by atoms with van der Waals surface area (Å²) in [4.78, 5) is 0.109. The summed E-state index contributed by atoms with van der Waals surface area (Å²) in [6.45, 7) is 5.29. The molecule has 1 aliphatic rings. The summed E-state index contributed by atoms with van der Waals surface area (Å²) in [7, 11) is -3.85. The van der Waals surface area contributed by atoms with E-state index < -0.39 is 28.1 Å². The van der Waals surface area contributed by atoms with E-state index in [9.17, 15) is 21.6 Å². The molecule has 0 fully saturated rings. The molecule has 1 aromatic carbocycles. The van der Waals surface area contributed by atoms with Gasteiger partial charge in [-0.25, -0.2) is 8.42 Å². The van der Waals surface area contributed by atoms with Gasteiger partial charge in [0.15, 0.2) is 5.82 Å². The van der Waals surface area contributed by atoms with Gasteiger partial charge >= 0.3 is 6.18 Å². The van der Waals surface area contributed by atoms with E-state index in [4.69, 9.17) is 0 Å². The molecule has 26 heavy (non-hydrogen) atoms. The summed E-state index contributed by atoms with van der Waals surface area (Å²) in [6, 6.07) is 5.70. The first-order valence-corrected chi connectivity index (χ1v) is 9.59. The number of rotatable bonds is 3. The zero-order valence-electron chi connectivity index (χ0n) is 14.5. The lowest BCUT2D eigenvalue weighted by molar-refractivity contribution is -0.147. The molecule has 0 saturated carbocycles. The molecular formula is C16H19F3N4O2S. The van der Waals surface area contributed by atoms with E-state index in [2.05, 4.69) is 10.2 Å². The molecule has 0 aliphatic carbocycles. The Morgan fingerprint density at radius 2 is 1.73 bits per heavy atom. The highest BCUT2D eigenvalue weighted by molar-refractivity contribution is 7.89. The second kappa shape index (κ2) is 6.34. The van der Waals surface area contributed by atoms with Crippen LogP contribution < -0.4 is 0 Å². The van der Waals surface area contributed by atoms with Gasteiger partial charge in [-0.05, 0) is 30.5 Å². The van der Waals surface area contributed by atoms with Crippen molar-refractivity contribution >= 4 is 10.0 Å². The van der Waals surface area contributed by atoms with Crippen LogP contribution in [-0.2, 0) is 22.7 Å².